The fourth-order valence-electron chi connectivity index (χ4n) is 0.669. The first-order chi connectivity index (χ1) is 6.57. The second-order valence-electron chi connectivity index (χ2n) is 3.12. The number of esters is 1. The first-order valence-electron chi connectivity index (χ1n) is 4.71. The molecule has 0 amide bonds. The zero-order chi connectivity index (χ0) is 11.0. The number of hydrogen-bond acceptors (Lipinski definition) is 4. The molecule has 1 atom stereocenters. The van der Waals surface area contributed by atoms with Crippen molar-refractivity contribution in [1.82, 2.24) is 0 Å². The second-order valence-corrected chi connectivity index (χ2v) is 3.12. The van der Waals surface area contributed by atoms with Gasteiger partial charge in [-0.3, -0.25) is 0 Å². The van der Waals surface area contributed by atoms with Gasteiger partial charge >= 0.3 is 5.97 Å². The van der Waals surface area contributed by atoms with Gasteiger partial charge in [0.05, 0.1) is 24.5 Å². The van der Waals surface area contributed by atoms with Crippen molar-refractivity contribution in [2.45, 2.75) is 33.3 Å². The third kappa shape index (κ3) is 6.48. The molecule has 0 saturated heterocycles. The van der Waals surface area contributed by atoms with Gasteiger partial charge in [-0.1, -0.05) is 6.92 Å². The molecule has 1 unspecified atom stereocenters. The van der Waals surface area contributed by atoms with Crippen LogP contribution < -0.4 is 0 Å². The molecule has 0 heterocycles. The lowest BCUT2D eigenvalue weighted by Crippen LogP contribution is -2.10. The molecule has 0 aliphatic heterocycles. The Kier molecular flexibility index (Phi) is 6.84. The number of rotatable bonds is 6. The average Bonchev–Trinajstić information content (AvgIpc) is 2.13. The predicted molar refractivity (Wildman–Crippen MR) is 52.6 cm³/mol. The van der Waals surface area contributed by atoms with Crippen molar-refractivity contribution in [3.63, 3.8) is 0 Å². The molecular weight excluding hydrogens is 184 g/mol. The Labute approximate surface area is 84.5 Å². The predicted octanol–water partition coefficient (Wildman–Crippen LogP) is 1.24. The third-order valence-corrected chi connectivity index (χ3v) is 1.36. The highest BCUT2D eigenvalue weighted by Gasteiger charge is 2.05. The van der Waals surface area contributed by atoms with E-state index in [2.05, 4.69) is 0 Å². The smallest absolute Gasteiger partial charge is 0.336 e. The summed E-state index contributed by atoms with van der Waals surface area (Å²) < 4.78 is 9.81. The molecule has 0 rings (SSSR count). The second kappa shape index (κ2) is 7.38. The highest BCUT2D eigenvalue weighted by atomic mass is 16.5. The summed E-state index contributed by atoms with van der Waals surface area (Å²) in [7, 11) is 0. The fourth-order valence-corrected chi connectivity index (χ4v) is 0.669. The van der Waals surface area contributed by atoms with Gasteiger partial charge in [-0.15, -0.1) is 0 Å². The minimum absolute atomic E-state index is 0.179. The van der Waals surface area contributed by atoms with Crippen molar-refractivity contribution in [2.75, 3.05) is 13.2 Å². The van der Waals surface area contributed by atoms with Gasteiger partial charge in [0.2, 0.25) is 0 Å². The van der Waals surface area contributed by atoms with Gasteiger partial charge in [0, 0.05) is 0 Å². The van der Waals surface area contributed by atoms with E-state index in [9.17, 15) is 4.79 Å². The number of aliphatic hydroxyl groups is 1. The summed E-state index contributed by atoms with van der Waals surface area (Å²) in [5.74, 6) is -0.377. The van der Waals surface area contributed by atoms with Gasteiger partial charge in [0.15, 0.2) is 0 Å². The molecule has 1 N–H and O–H groups in total. The Hall–Kier alpha value is -1.03. The van der Waals surface area contributed by atoms with Gasteiger partial charge in [-0.2, -0.15) is 0 Å². The van der Waals surface area contributed by atoms with Crippen LogP contribution in [0.2, 0.25) is 0 Å². The van der Waals surface area contributed by atoms with Gasteiger partial charge in [-0.05, 0) is 20.3 Å². The van der Waals surface area contributed by atoms with E-state index in [1.165, 1.54) is 6.26 Å². The minimum Gasteiger partial charge on any atom is -0.498 e. The van der Waals surface area contributed by atoms with Crippen LogP contribution in [-0.4, -0.2) is 30.4 Å². The quantitative estimate of drug-likeness (QED) is 0.400. The summed E-state index contributed by atoms with van der Waals surface area (Å²) >= 11 is 0. The van der Waals surface area contributed by atoms with Crippen molar-refractivity contribution < 1.29 is 19.4 Å². The molecule has 0 aliphatic rings. The molecule has 14 heavy (non-hydrogen) atoms. The molecular formula is C10H18O4. The van der Waals surface area contributed by atoms with E-state index in [1.54, 1.807) is 13.8 Å². The molecule has 0 saturated carbocycles. The van der Waals surface area contributed by atoms with E-state index >= 15 is 0 Å². The van der Waals surface area contributed by atoms with Crippen LogP contribution in [0.25, 0.3) is 0 Å². The van der Waals surface area contributed by atoms with Crippen LogP contribution in [0.1, 0.15) is 27.2 Å². The van der Waals surface area contributed by atoms with E-state index in [4.69, 9.17) is 14.6 Å². The topological polar surface area (TPSA) is 55.8 Å². The van der Waals surface area contributed by atoms with E-state index < -0.39 is 6.10 Å². The largest absolute Gasteiger partial charge is 0.498 e. The van der Waals surface area contributed by atoms with Crippen molar-refractivity contribution in [1.29, 1.82) is 0 Å². The van der Waals surface area contributed by atoms with E-state index in [0.29, 0.717) is 12.2 Å². The normalized spacial score (nSPS) is 13.6. The monoisotopic (exact) mass is 202 g/mol. The Morgan fingerprint density at radius 1 is 1.57 bits per heavy atom. The highest BCUT2D eigenvalue weighted by molar-refractivity contribution is 5.87. The first-order valence-corrected chi connectivity index (χ1v) is 4.71. The zero-order valence-corrected chi connectivity index (χ0v) is 8.95. The standard InChI is InChI=1S/C10H18O4/c1-4-5-14-10(12)8(2)6-13-7-9(3)11/h6,9,11H,4-5,7H2,1-3H3. The van der Waals surface area contributed by atoms with Gasteiger partial charge in [0.1, 0.15) is 6.61 Å². The van der Waals surface area contributed by atoms with Gasteiger partial charge < -0.3 is 14.6 Å². The Morgan fingerprint density at radius 3 is 2.71 bits per heavy atom. The lowest BCUT2D eigenvalue weighted by atomic mass is 10.3. The van der Waals surface area contributed by atoms with Gasteiger partial charge in [-0.25, -0.2) is 4.79 Å². The van der Waals surface area contributed by atoms with Crippen molar-refractivity contribution in [2.24, 2.45) is 0 Å². The highest BCUT2D eigenvalue weighted by Crippen LogP contribution is 1.98. The molecule has 4 nitrogen and oxygen atoms in total. The summed E-state index contributed by atoms with van der Waals surface area (Å²) in [5, 5.41) is 8.87. The summed E-state index contributed by atoms with van der Waals surface area (Å²) in [6, 6.07) is 0. The van der Waals surface area contributed by atoms with Crippen LogP contribution in [0.5, 0.6) is 0 Å². The number of carbonyl (C=O) groups is 1. The molecule has 0 aromatic heterocycles. The molecule has 4 heteroatoms. The van der Waals surface area contributed by atoms with E-state index in [1.807, 2.05) is 6.92 Å². The molecule has 0 aromatic rings. The summed E-state index contributed by atoms with van der Waals surface area (Å²) in [6.07, 6.45) is 1.57. The van der Waals surface area contributed by atoms with Crippen LogP contribution >= 0.6 is 0 Å². The number of aliphatic hydroxyl groups excluding tert-OH is 1. The number of ether oxygens (including phenoxy) is 2. The zero-order valence-electron chi connectivity index (χ0n) is 8.95. The lowest BCUT2D eigenvalue weighted by molar-refractivity contribution is -0.139. The Morgan fingerprint density at radius 2 is 2.21 bits per heavy atom. The number of carbonyl (C=O) groups excluding carboxylic acids is 1. The van der Waals surface area contributed by atoms with E-state index in [0.717, 1.165) is 6.42 Å². The summed E-state index contributed by atoms with van der Waals surface area (Å²) in [6.45, 7) is 5.74. The van der Waals surface area contributed by atoms with Crippen LogP contribution in [0.3, 0.4) is 0 Å². The maximum absolute atomic E-state index is 11.1. The fraction of sp³-hybridized carbons (Fsp3) is 0.700. The number of hydrogen-bond donors (Lipinski definition) is 1. The van der Waals surface area contributed by atoms with Gasteiger partial charge in [0.25, 0.3) is 0 Å². The molecule has 0 radical (unpaired) electrons. The molecule has 0 spiro atoms. The minimum atomic E-state index is -0.536. The molecule has 0 aromatic carbocycles. The van der Waals surface area contributed by atoms with E-state index in [-0.39, 0.29) is 12.6 Å². The van der Waals surface area contributed by atoms with Crippen LogP contribution in [-0.2, 0) is 14.3 Å². The van der Waals surface area contributed by atoms with Crippen molar-refractivity contribution in [3.8, 4) is 0 Å². The maximum Gasteiger partial charge on any atom is 0.336 e. The van der Waals surface area contributed by atoms with Crippen molar-refractivity contribution in [3.05, 3.63) is 11.8 Å². The molecule has 0 aliphatic carbocycles. The maximum atomic E-state index is 11.1. The summed E-state index contributed by atoms with van der Waals surface area (Å²) in [4.78, 5) is 11.1. The Balaban J connectivity index is 3.79. The summed E-state index contributed by atoms with van der Waals surface area (Å²) in [5.41, 5.74) is 0.402. The molecule has 0 fully saturated rings. The SMILES string of the molecule is CCCOC(=O)C(C)=COCC(C)O. The van der Waals surface area contributed by atoms with Crippen LogP contribution in [0.4, 0.5) is 0 Å². The van der Waals surface area contributed by atoms with Crippen LogP contribution in [0, 0.1) is 0 Å². The molecule has 82 valence electrons. The Bertz CT molecular complexity index is 196. The third-order valence-electron chi connectivity index (χ3n) is 1.36. The van der Waals surface area contributed by atoms with Crippen molar-refractivity contribution >= 4 is 5.97 Å². The van der Waals surface area contributed by atoms with Crippen LogP contribution in [0.15, 0.2) is 11.8 Å². The lowest BCUT2D eigenvalue weighted by Gasteiger charge is -2.05. The molecule has 0 bridgehead atoms. The average molecular weight is 202 g/mol. The first kappa shape index (κ1) is 13.0.